The summed E-state index contributed by atoms with van der Waals surface area (Å²) in [6, 6.07) is 3.62. The molecule has 1 aliphatic rings. The number of carboxylic acid groups (broad SMARTS) is 1. The summed E-state index contributed by atoms with van der Waals surface area (Å²) in [5, 5.41) is 18.0. The van der Waals surface area contributed by atoms with Gasteiger partial charge in [0.25, 0.3) is 0 Å². The van der Waals surface area contributed by atoms with Crippen molar-refractivity contribution in [2.75, 3.05) is 18.0 Å². The van der Waals surface area contributed by atoms with Gasteiger partial charge in [0, 0.05) is 25.7 Å². The maximum Gasteiger partial charge on any atom is 0.303 e. The van der Waals surface area contributed by atoms with E-state index in [1.807, 2.05) is 11.0 Å². The molecule has 1 saturated heterocycles. The highest BCUT2D eigenvalue weighted by molar-refractivity contribution is 6.34. The van der Waals surface area contributed by atoms with Crippen LogP contribution in [0.3, 0.4) is 0 Å². The Labute approximate surface area is 116 Å². The second-order valence-electron chi connectivity index (χ2n) is 4.64. The maximum absolute atomic E-state index is 10.6. The lowest BCUT2D eigenvalue weighted by Crippen LogP contribution is -2.21. The van der Waals surface area contributed by atoms with Crippen molar-refractivity contribution >= 4 is 23.4 Å². The van der Waals surface area contributed by atoms with Gasteiger partial charge in [0.05, 0.1) is 5.56 Å². The molecule has 5 nitrogen and oxygen atoms in total. The predicted octanol–water partition coefficient (Wildman–Crippen LogP) is 2.30. The van der Waals surface area contributed by atoms with Gasteiger partial charge in [-0.1, -0.05) is 11.6 Å². The molecular weight excluding hydrogens is 266 g/mol. The van der Waals surface area contributed by atoms with Crippen LogP contribution in [0.4, 0.5) is 5.82 Å². The fraction of sp³-hybridized carbons (Fsp3) is 0.462. The molecule has 0 amide bonds. The second kappa shape index (κ2) is 5.89. The van der Waals surface area contributed by atoms with Gasteiger partial charge in [-0.2, -0.15) is 5.26 Å². The molecule has 1 aromatic heterocycles. The van der Waals surface area contributed by atoms with Gasteiger partial charge in [0.1, 0.15) is 16.9 Å². The van der Waals surface area contributed by atoms with Crippen LogP contribution in [0.2, 0.25) is 5.02 Å². The molecule has 1 aliphatic heterocycles. The van der Waals surface area contributed by atoms with Crippen LogP contribution < -0.4 is 4.90 Å². The highest BCUT2D eigenvalue weighted by Gasteiger charge is 2.25. The van der Waals surface area contributed by atoms with Gasteiger partial charge < -0.3 is 10.0 Å². The van der Waals surface area contributed by atoms with Gasteiger partial charge in [0.2, 0.25) is 0 Å². The third-order valence-electron chi connectivity index (χ3n) is 3.34. The van der Waals surface area contributed by atoms with Crippen molar-refractivity contribution in [3.8, 4) is 6.07 Å². The third kappa shape index (κ3) is 3.15. The summed E-state index contributed by atoms with van der Waals surface area (Å²) in [5.74, 6) is 0.208. The molecule has 1 aromatic rings. The molecule has 0 spiro atoms. The summed E-state index contributed by atoms with van der Waals surface area (Å²) in [6.07, 6.45) is 3.37. The van der Waals surface area contributed by atoms with Crippen LogP contribution in [0.1, 0.15) is 24.8 Å². The second-order valence-corrected chi connectivity index (χ2v) is 5.02. The van der Waals surface area contributed by atoms with Crippen LogP contribution >= 0.6 is 11.6 Å². The number of halogens is 1. The Morgan fingerprint density at radius 1 is 1.68 bits per heavy atom. The minimum absolute atomic E-state index is 0.192. The van der Waals surface area contributed by atoms with Crippen molar-refractivity contribution in [1.82, 2.24) is 4.98 Å². The zero-order chi connectivity index (χ0) is 13.8. The van der Waals surface area contributed by atoms with Crippen LogP contribution in [-0.4, -0.2) is 29.1 Å². The van der Waals surface area contributed by atoms with Crippen LogP contribution in [0.25, 0.3) is 0 Å². The lowest BCUT2D eigenvalue weighted by atomic mass is 10.0. The Morgan fingerprint density at radius 3 is 3.16 bits per heavy atom. The van der Waals surface area contributed by atoms with Gasteiger partial charge in [-0.25, -0.2) is 4.98 Å². The number of hydrogen-bond donors (Lipinski definition) is 1. The van der Waals surface area contributed by atoms with Gasteiger partial charge in [0.15, 0.2) is 0 Å². The van der Waals surface area contributed by atoms with Crippen LogP contribution in [0, 0.1) is 17.2 Å². The Hall–Kier alpha value is -1.80. The Bertz CT molecular complexity index is 527. The number of hydrogen-bond acceptors (Lipinski definition) is 4. The van der Waals surface area contributed by atoms with Crippen molar-refractivity contribution in [2.45, 2.75) is 19.3 Å². The summed E-state index contributed by atoms with van der Waals surface area (Å²) in [4.78, 5) is 16.8. The number of anilines is 1. The van der Waals surface area contributed by atoms with E-state index in [9.17, 15) is 4.79 Å². The number of pyridine rings is 1. The zero-order valence-corrected chi connectivity index (χ0v) is 11.1. The van der Waals surface area contributed by atoms with Gasteiger partial charge in [-0.05, 0) is 24.8 Å². The summed E-state index contributed by atoms with van der Waals surface area (Å²) in [6.45, 7) is 1.54. The minimum Gasteiger partial charge on any atom is -0.481 e. The van der Waals surface area contributed by atoms with Crippen molar-refractivity contribution in [3.63, 3.8) is 0 Å². The maximum atomic E-state index is 10.6. The largest absolute Gasteiger partial charge is 0.481 e. The van der Waals surface area contributed by atoms with Crippen LogP contribution in [0.15, 0.2) is 12.3 Å². The number of aliphatic carboxylic acids is 1. The van der Waals surface area contributed by atoms with E-state index in [-0.39, 0.29) is 6.42 Å². The van der Waals surface area contributed by atoms with Crippen molar-refractivity contribution in [1.29, 1.82) is 5.26 Å². The van der Waals surface area contributed by atoms with Gasteiger partial charge >= 0.3 is 5.97 Å². The normalized spacial score (nSPS) is 18.3. The SMILES string of the molecule is N#Cc1ccnc(N2CCC(CCC(=O)O)C2)c1Cl. The fourth-order valence-electron chi connectivity index (χ4n) is 2.33. The van der Waals surface area contributed by atoms with Crippen molar-refractivity contribution in [3.05, 3.63) is 22.8 Å². The Kier molecular flexibility index (Phi) is 4.23. The molecule has 0 bridgehead atoms. The van der Waals surface area contributed by atoms with Crippen LogP contribution in [-0.2, 0) is 4.79 Å². The quantitative estimate of drug-likeness (QED) is 0.915. The fourth-order valence-corrected chi connectivity index (χ4v) is 2.60. The van der Waals surface area contributed by atoms with E-state index in [4.69, 9.17) is 22.0 Å². The molecule has 0 radical (unpaired) electrons. The molecule has 2 heterocycles. The van der Waals surface area contributed by atoms with E-state index in [0.717, 1.165) is 19.5 Å². The standard InChI is InChI=1S/C13H14ClN3O2/c14-12-10(7-15)3-5-16-13(12)17-6-4-9(8-17)1-2-11(18)19/h3,5,9H,1-2,4,6,8H2,(H,18,19). The topological polar surface area (TPSA) is 77.2 Å². The average molecular weight is 280 g/mol. The van der Waals surface area contributed by atoms with Crippen molar-refractivity contribution < 1.29 is 9.90 Å². The minimum atomic E-state index is -0.763. The van der Waals surface area contributed by atoms with E-state index in [2.05, 4.69) is 4.98 Å². The third-order valence-corrected chi connectivity index (χ3v) is 3.72. The highest BCUT2D eigenvalue weighted by atomic mass is 35.5. The first-order chi connectivity index (χ1) is 9.11. The molecule has 0 saturated carbocycles. The monoisotopic (exact) mass is 279 g/mol. The first-order valence-corrected chi connectivity index (χ1v) is 6.51. The molecule has 0 aliphatic carbocycles. The summed E-state index contributed by atoms with van der Waals surface area (Å²) in [5.41, 5.74) is 0.417. The summed E-state index contributed by atoms with van der Waals surface area (Å²) < 4.78 is 0. The van der Waals surface area contributed by atoms with E-state index < -0.39 is 5.97 Å². The number of aromatic nitrogens is 1. The van der Waals surface area contributed by atoms with E-state index in [1.54, 1.807) is 12.3 Å². The lowest BCUT2D eigenvalue weighted by molar-refractivity contribution is -0.137. The molecule has 1 fully saturated rings. The summed E-state index contributed by atoms with van der Waals surface area (Å²) >= 11 is 6.14. The molecule has 6 heteroatoms. The van der Waals surface area contributed by atoms with E-state index >= 15 is 0 Å². The first kappa shape index (κ1) is 13.6. The highest BCUT2D eigenvalue weighted by Crippen LogP contribution is 2.31. The number of rotatable bonds is 4. The molecule has 1 atom stereocenters. The molecule has 19 heavy (non-hydrogen) atoms. The first-order valence-electron chi connectivity index (χ1n) is 6.13. The smallest absolute Gasteiger partial charge is 0.303 e. The molecule has 100 valence electrons. The summed E-state index contributed by atoms with van der Waals surface area (Å²) in [7, 11) is 0. The Morgan fingerprint density at radius 2 is 2.47 bits per heavy atom. The molecular formula is C13H14ClN3O2. The molecule has 1 N–H and O–H groups in total. The van der Waals surface area contributed by atoms with E-state index in [0.29, 0.717) is 28.7 Å². The van der Waals surface area contributed by atoms with Gasteiger partial charge in [-0.15, -0.1) is 0 Å². The van der Waals surface area contributed by atoms with Gasteiger partial charge in [-0.3, -0.25) is 4.79 Å². The zero-order valence-electron chi connectivity index (χ0n) is 10.3. The molecule has 0 aromatic carbocycles. The van der Waals surface area contributed by atoms with Crippen molar-refractivity contribution in [2.24, 2.45) is 5.92 Å². The van der Waals surface area contributed by atoms with E-state index in [1.165, 1.54) is 0 Å². The molecule has 1 unspecified atom stereocenters. The predicted molar refractivity (Wildman–Crippen MR) is 71.2 cm³/mol. The van der Waals surface area contributed by atoms with Crippen LogP contribution in [0.5, 0.6) is 0 Å². The number of nitriles is 1. The number of nitrogens with zero attached hydrogens (tertiary/aromatic N) is 3. The average Bonchev–Trinajstić information content (AvgIpc) is 2.85. The number of carbonyl (C=O) groups is 1. The number of carboxylic acids is 1. The Balaban J connectivity index is 2.05. The molecule has 2 rings (SSSR count). The lowest BCUT2D eigenvalue weighted by Gasteiger charge is -2.18.